The Morgan fingerprint density at radius 2 is 1.52 bits per heavy atom. The number of nitrogens with two attached hydrogens (primary N) is 1. The number of likely N-dealkylation sites (tertiary alicyclic amines) is 2. The Morgan fingerprint density at radius 3 is 2.19 bits per heavy atom. The van der Waals surface area contributed by atoms with Crippen LogP contribution in [0.25, 0.3) is 0 Å². The summed E-state index contributed by atoms with van der Waals surface area (Å²) in [5.41, 5.74) is 6.95. The highest BCUT2D eigenvalue weighted by molar-refractivity contribution is 4.95. The second-order valence-electron chi connectivity index (χ2n) is 8.50. The molecule has 21 heavy (non-hydrogen) atoms. The molecule has 2 aliphatic heterocycles. The van der Waals surface area contributed by atoms with Crippen LogP contribution >= 0.6 is 0 Å². The maximum atomic E-state index is 6.46. The lowest BCUT2D eigenvalue weighted by molar-refractivity contribution is 0.0312. The van der Waals surface area contributed by atoms with Crippen molar-refractivity contribution < 1.29 is 0 Å². The molecule has 0 bridgehead atoms. The van der Waals surface area contributed by atoms with Crippen molar-refractivity contribution in [3.05, 3.63) is 0 Å². The van der Waals surface area contributed by atoms with Gasteiger partial charge in [-0.2, -0.15) is 0 Å². The number of rotatable bonds is 2. The smallest absolute Gasteiger partial charge is 0.0252 e. The fraction of sp³-hybridized carbons (Fsp3) is 1.00. The van der Waals surface area contributed by atoms with E-state index in [4.69, 9.17) is 5.73 Å². The molecule has 3 nitrogen and oxygen atoms in total. The van der Waals surface area contributed by atoms with Gasteiger partial charge >= 0.3 is 0 Å². The summed E-state index contributed by atoms with van der Waals surface area (Å²) in [4.78, 5) is 5.50. The van der Waals surface area contributed by atoms with Gasteiger partial charge in [0.1, 0.15) is 0 Å². The first kappa shape index (κ1) is 15.8. The average Bonchev–Trinajstić information content (AvgIpc) is 2.51. The van der Waals surface area contributed by atoms with Crippen molar-refractivity contribution in [2.75, 3.05) is 26.2 Å². The molecule has 0 spiro atoms. The van der Waals surface area contributed by atoms with E-state index in [0.717, 1.165) is 6.04 Å². The van der Waals surface area contributed by atoms with Gasteiger partial charge in [-0.15, -0.1) is 0 Å². The molecule has 0 aromatic rings. The lowest BCUT2D eigenvalue weighted by Gasteiger charge is -2.48. The quantitative estimate of drug-likeness (QED) is 0.850. The Hall–Kier alpha value is -0.120. The summed E-state index contributed by atoms with van der Waals surface area (Å²) >= 11 is 0. The Morgan fingerprint density at radius 1 is 0.857 bits per heavy atom. The number of nitrogens with zero attached hydrogens (tertiary/aromatic N) is 2. The maximum Gasteiger partial charge on any atom is 0.0252 e. The van der Waals surface area contributed by atoms with Gasteiger partial charge in [0, 0.05) is 18.1 Å². The van der Waals surface area contributed by atoms with Crippen LogP contribution in [0.1, 0.15) is 65.2 Å². The summed E-state index contributed by atoms with van der Waals surface area (Å²) in [5.74, 6) is 0. The van der Waals surface area contributed by atoms with E-state index in [1.54, 1.807) is 0 Å². The fourth-order valence-electron chi connectivity index (χ4n) is 4.84. The van der Waals surface area contributed by atoms with E-state index in [-0.39, 0.29) is 0 Å². The largest absolute Gasteiger partial charge is 0.326 e. The summed E-state index contributed by atoms with van der Waals surface area (Å²) in [6, 6.07) is 1.90. The monoisotopic (exact) mass is 293 g/mol. The molecule has 0 aromatic carbocycles. The lowest BCUT2D eigenvalue weighted by Crippen LogP contribution is -2.56. The predicted molar refractivity (Wildman–Crippen MR) is 89.4 cm³/mol. The summed E-state index contributed by atoms with van der Waals surface area (Å²) < 4.78 is 0. The van der Waals surface area contributed by atoms with Crippen LogP contribution in [0.15, 0.2) is 0 Å². The van der Waals surface area contributed by atoms with Crippen molar-refractivity contribution in [3.63, 3.8) is 0 Å². The van der Waals surface area contributed by atoms with Gasteiger partial charge in [-0.3, -0.25) is 4.90 Å². The SMILES string of the molecule is CC1(C)CCC(N)C(N2CCC(N3CCCCC3)CC2)C1. The van der Waals surface area contributed by atoms with Crippen LogP contribution in [-0.4, -0.2) is 54.1 Å². The Balaban J connectivity index is 1.52. The minimum absolute atomic E-state index is 0.407. The molecule has 2 saturated heterocycles. The highest BCUT2D eigenvalue weighted by atomic mass is 15.2. The van der Waals surface area contributed by atoms with Gasteiger partial charge in [0.15, 0.2) is 0 Å². The van der Waals surface area contributed by atoms with Gasteiger partial charge in [0.25, 0.3) is 0 Å². The lowest BCUT2D eigenvalue weighted by atomic mass is 9.72. The van der Waals surface area contributed by atoms with Gasteiger partial charge in [0.05, 0.1) is 0 Å². The van der Waals surface area contributed by atoms with E-state index in [1.807, 2.05) is 0 Å². The van der Waals surface area contributed by atoms with E-state index in [0.29, 0.717) is 17.5 Å². The van der Waals surface area contributed by atoms with Crippen molar-refractivity contribution in [2.24, 2.45) is 11.1 Å². The number of hydrogen-bond donors (Lipinski definition) is 1. The third kappa shape index (κ3) is 3.80. The molecule has 1 saturated carbocycles. The van der Waals surface area contributed by atoms with E-state index in [1.165, 1.54) is 77.5 Å². The van der Waals surface area contributed by atoms with Crippen LogP contribution in [0.5, 0.6) is 0 Å². The molecule has 3 rings (SSSR count). The molecular formula is C18H35N3. The minimum atomic E-state index is 0.407. The first-order valence-electron chi connectivity index (χ1n) is 9.29. The predicted octanol–water partition coefficient (Wildman–Crippen LogP) is 2.84. The van der Waals surface area contributed by atoms with Crippen molar-refractivity contribution in [3.8, 4) is 0 Å². The van der Waals surface area contributed by atoms with Crippen LogP contribution in [-0.2, 0) is 0 Å². The molecule has 3 fully saturated rings. The zero-order valence-corrected chi connectivity index (χ0v) is 14.2. The van der Waals surface area contributed by atoms with Crippen molar-refractivity contribution in [1.82, 2.24) is 9.80 Å². The zero-order valence-electron chi connectivity index (χ0n) is 14.2. The molecule has 3 heteroatoms. The van der Waals surface area contributed by atoms with Crippen LogP contribution in [0.3, 0.4) is 0 Å². The summed E-state index contributed by atoms with van der Waals surface area (Å²) in [7, 11) is 0. The first-order valence-corrected chi connectivity index (χ1v) is 9.29. The molecule has 0 aromatic heterocycles. The normalized spacial score (nSPS) is 36.7. The molecule has 1 aliphatic carbocycles. The van der Waals surface area contributed by atoms with Crippen molar-refractivity contribution >= 4 is 0 Å². The Kier molecular flexibility index (Phi) is 4.92. The zero-order chi connectivity index (χ0) is 14.9. The first-order chi connectivity index (χ1) is 10.1. The Bertz CT molecular complexity index is 327. The summed E-state index contributed by atoms with van der Waals surface area (Å²) in [6.07, 6.45) is 10.8. The van der Waals surface area contributed by atoms with Crippen molar-refractivity contribution in [2.45, 2.75) is 83.3 Å². The summed E-state index contributed by atoms with van der Waals surface area (Å²) in [5, 5.41) is 0. The third-order valence-electron chi connectivity index (χ3n) is 6.29. The van der Waals surface area contributed by atoms with Crippen LogP contribution in [0.4, 0.5) is 0 Å². The molecule has 122 valence electrons. The molecule has 2 unspecified atom stereocenters. The van der Waals surface area contributed by atoms with Crippen LogP contribution in [0, 0.1) is 5.41 Å². The second kappa shape index (κ2) is 6.55. The maximum absolute atomic E-state index is 6.46. The van der Waals surface area contributed by atoms with Gasteiger partial charge in [-0.1, -0.05) is 20.3 Å². The van der Waals surface area contributed by atoms with Gasteiger partial charge in [-0.25, -0.2) is 0 Å². The molecule has 0 amide bonds. The topological polar surface area (TPSA) is 32.5 Å². The summed E-state index contributed by atoms with van der Waals surface area (Å²) in [6.45, 7) is 10.1. The second-order valence-corrected chi connectivity index (χ2v) is 8.50. The van der Waals surface area contributed by atoms with Gasteiger partial charge in [-0.05, 0) is 76.5 Å². The van der Waals surface area contributed by atoms with E-state index in [2.05, 4.69) is 23.6 Å². The van der Waals surface area contributed by atoms with E-state index < -0.39 is 0 Å². The molecule has 2 N–H and O–H groups in total. The molecule has 0 radical (unpaired) electrons. The highest BCUT2D eigenvalue weighted by Gasteiger charge is 2.38. The highest BCUT2D eigenvalue weighted by Crippen LogP contribution is 2.37. The van der Waals surface area contributed by atoms with Gasteiger partial charge in [0.2, 0.25) is 0 Å². The van der Waals surface area contributed by atoms with Crippen LogP contribution in [0.2, 0.25) is 0 Å². The van der Waals surface area contributed by atoms with E-state index >= 15 is 0 Å². The standard InChI is InChI=1S/C18H35N3/c1-18(2)9-6-16(19)17(14-18)21-12-7-15(8-13-21)20-10-4-3-5-11-20/h15-17H,3-14,19H2,1-2H3. The number of piperidine rings is 2. The third-order valence-corrected chi connectivity index (χ3v) is 6.29. The molecular weight excluding hydrogens is 258 g/mol. The molecule has 3 aliphatic rings. The minimum Gasteiger partial charge on any atom is -0.326 e. The van der Waals surface area contributed by atoms with E-state index in [9.17, 15) is 0 Å². The molecule has 2 heterocycles. The average molecular weight is 293 g/mol. The van der Waals surface area contributed by atoms with Gasteiger partial charge < -0.3 is 10.6 Å². The number of hydrogen-bond acceptors (Lipinski definition) is 3. The Labute approximate surface area is 131 Å². The van der Waals surface area contributed by atoms with Crippen LogP contribution < -0.4 is 5.73 Å². The fourth-order valence-corrected chi connectivity index (χ4v) is 4.84. The van der Waals surface area contributed by atoms with Crippen molar-refractivity contribution in [1.29, 1.82) is 0 Å². The molecule has 2 atom stereocenters.